The first-order chi connectivity index (χ1) is 4.90. The Kier molecular flexibility index (Phi) is 2.03. The van der Waals surface area contributed by atoms with E-state index in [9.17, 15) is 0 Å². The summed E-state index contributed by atoms with van der Waals surface area (Å²) in [5, 5.41) is 1.24. The van der Waals surface area contributed by atoms with Gasteiger partial charge in [-0.15, -0.1) is 0 Å². The van der Waals surface area contributed by atoms with Gasteiger partial charge in [-0.1, -0.05) is 15.9 Å². The van der Waals surface area contributed by atoms with Crippen LogP contribution < -0.4 is 0 Å². The van der Waals surface area contributed by atoms with Gasteiger partial charge >= 0.3 is 0 Å². The summed E-state index contributed by atoms with van der Waals surface area (Å²) in [6.45, 7) is 0. The Morgan fingerprint density at radius 1 is 1.00 bits per heavy atom. The maximum atomic E-state index is 3.58. The van der Waals surface area contributed by atoms with Gasteiger partial charge in [-0.25, -0.2) is 0 Å². The van der Waals surface area contributed by atoms with Crippen LogP contribution in [0.2, 0.25) is 0 Å². The van der Waals surface area contributed by atoms with Crippen molar-refractivity contribution in [2.75, 3.05) is 5.33 Å². The highest BCUT2D eigenvalue weighted by Crippen LogP contribution is 2.49. The van der Waals surface area contributed by atoms with Gasteiger partial charge in [0.1, 0.15) is 0 Å². The minimum Gasteiger partial charge on any atom is -0.0925 e. The predicted octanol–water partition coefficient (Wildman–Crippen LogP) is 3.21. The van der Waals surface area contributed by atoms with Crippen molar-refractivity contribution >= 4 is 15.9 Å². The van der Waals surface area contributed by atoms with Gasteiger partial charge in [0.25, 0.3) is 0 Å². The van der Waals surface area contributed by atoms with Gasteiger partial charge in [-0.2, -0.15) is 0 Å². The van der Waals surface area contributed by atoms with Gasteiger partial charge in [0.15, 0.2) is 0 Å². The zero-order valence-corrected chi connectivity index (χ0v) is 7.94. The summed E-state index contributed by atoms with van der Waals surface area (Å²) in [4.78, 5) is 0. The van der Waals surface area contributed by atoms with Crippen LogP contribution in [0, 0.1) is 17.8 Å². The Bertz CT molecular complexity index is 110. The number of rotatable bonds is 1. The lowest BCUT2D eigenvalue weighted by Gasteiger charge is -2.09. The smallest absolute Gasteiger partial charge is 0.00596 e. The molecule has 0 amide bonds. The molecule has 2 fully saturated rings. The van der Waals surface area contributed by atoms with E-state index in [0.29, 0.717) is 0 Å². The molecule has 2 atom stereocenters. The quantitative estimate of drug-likeness (QED) is 0.574. The van der Waals surface area contributed by atoms with Gasteiger partial charge < -0.3 is 0 Å². The molecular formula is C9H15Br. The van der Waals surface area contributed by atoms with E-state index in [2.05, 4.69) is 15.9 Å². The summed E-state index contributed by atoms with van der Waals surface area (Å²) in [6.07, 6.45) is 7.61. The van der Waals surface area contributed by atoms with Crippen molar-refractivity contribution in [3.63, 3.8) is 0 Å². The average molecular weight is 203 g/mol. The highest BCUT2D eigenvalue weighted by atomic mass is 79.9. The fourth-order valence-corrected chi connectivity index (χ4v) is 2.86. The molecule has 0 bridgehead atoms. The standard InChI is InChI=1S/C9H15Br/c10-6-7-1-3-8-5-9(8)4-2-7/h7-9H,1-6H2. The maximum Gasteiger partial charge on any atom is 0.00596 e. The van der Waals surface area contributed by atoms with Crippen LogP contribution in [0.15, 0.2) is 0 Å². The van der Waals surface area contributed by atoms with Crippen molar-refractivity contribution in [2.45, 2.75) is 32.1 Å². The summed E-state index contributed by atoms with van der Waals surface area (Å²) in [5.74, 6) is 3.32. The van der Waals surface area contributed by atoms with Crippen molar-refractivity contribution in [3.05, 3.63) is 0 Å². The largest absolute Gasteiger partial charge is 0.0925 e. The van der Waals surface area contributed by atoms with E-state index in [1.807, 2.05) is 0 Å². The van der Waals surface area contributed by atoms with Crippen LogP contribution in [0.5, 0.6) is 0 Å². The lowest BCUT2D eigenvalue weighted by atomic mass is 10.0. The van der Waals surface area contributed by atoms with Crippen molar-refractivity contribution < 1.29 is 0 Å². The van der Waals surface area contributed by atoms with Crippen LogP contribution in [-0.2, 0) is 0 Å². The number of halogens is 1. The molecule has 0 spiro atoms. The highest BCUT2D eigenvalue weighted by Gasteiger charge is 2.38. The van der Waals surface area contributed by atoms with E-state index >= 15 is 0 Å². The first-order valence-corrected chi connectivity index (χ1v) is 5.58. The molecule has 2 saturated carbocycles. The second kappa shape index (κ2) is 2.84. The van der Waals surface area contributed by atoms with Crippen molar-refractivity contribution in [2.24, 2.45) is 17.8 Å². The lowest BCUT2D eigenvalue weighted by molar-refractivity contribution is 0.488. The van der Waals surface area contributed by atoms with Crippen LogP contribution in [0.25, 0.3) is 0 Å². The molecule has 2 aliphatic rings. The van der Waals surface area contributed by atoms with Crippen LogP contribution in [-0.4, -0.2) is 5.33 Å². The summed E-state index contributed by atoms with van der Waals surface area (Å²) in [7, 11) is 0. The Hall–Kier alpha value is 0.480. The summed E-state index contributed by atoms with van der Waals surface area (Å²) in [5.41, 5.74) is 0. The van der Waals surface area contributed by atoms with Crippen LogP contribution in [0.3, 0.4) is 0 Å². The number of hydrogen-bond donors (Lipinski definition) is 0. The summed E-state index contributed by atoms with van der Waals surface area (Å²) >= 11 is 3.58. The molecule has 10 heavy (non-hydrogen) atoms. The van der Waals surface area contributed by atoms with Crippen molar-refractivity contribution in [1.82, 2.24) is 0 Å². The fraction of sp³-hybridized carbons (Fsp3) is 1.00. The van der Waals surface area contributed by atoms with E-state index in [0.717, 1.165) is 17.8 Å². The molecule has 0 aromatic rings. The van der Waals surface area contributed by atoms with Crippen LogP contribution in [0.4, 0.5) is 0 Å². The minimum atomic E-state index is 1.01. The molecule has 0 nitrogen and oxygen atoms in total. The van der Waals surface area contributed by atoms with E-state index in [-0.39, 0.29) is 0 Å². The molecule has 0 aliphatic heterocycles. The van der Waals surface area contributed by atoms with Crippen molar-refractivity contribution in [1.29, 1.82) is 0 Å². The van der Waals surface area contributed by atoms with Gasteiger partial charge in [0.2, 0.25) is 0 Å². The number of hydrogen-bond acceptors (Lipinski definition) is 0. The van der Waals surface area contributed by atoms with Gasteiger partial charge in [-0.05, 0) is 49.9 Å². The molecule has 0 aromatic heterocycles. The minimum absolute atomic E-state index is 1.01. The third kappa shape index (κ3) is 1.39. The Labute approximate surface area is 71.5 Å². The molecule has 0 N–H and O–H groups in total. The second-order valence-electron chi connectivity index (χ2n) is 3.93. The molecule has 0 saturated heterocycles. The Morgan fingerprint density at radius 2 is 1.60 bits per heavy atom. The van der Waals surface area contributed by atoms with Gasteiger partial charge in [0.05, 0.1) is 0 Å². The first-order valence-electron chi connectivity index (χ1n) is 4.46. The fourth-order valence-electron chi connectivity index (χ4n) is 2.22. The van der Waals surface area contributed by atoms with Gasteiger partial charge in [-0.3, -0.25) is 0 Å². The Morgan fingerprint density at radius 3 is 2.10 bits per heavy atom. The SMILES string of the molecule is BrCC1CCC2CC2CC1. The zero-order valence-electron chi connectivity index (χ0n) is 6.35. The Balaban J connectivity index is 1.84. The monoisotopic (exact) mass is 202 g/mol. The van der Waals surface area contributed by atoms with Crippen molar-refractivity contribution in [3.8, 4) is 0 Å². The maximum absolute atomic E-state index is 3.58. The van der Waals surface area contributed by atoms with Crippen LogP contribution >= 0.6 is 15.9 Å². The molecule has 2 rings (SSSR count). The predicted molar refractivity (Wildman–Crippen MR) is 47.3 cm³/mol. The highest BCUT2D eigenvalue weighted by molar-refractivity contribution is 9.09. The summed E-state index contributed by atoms with van der Waals surface area (Å²) < 4.78 is 0. The van der Waals surface area contributed by atoms with E-state index in [1.54, 1.807) is 6.42 Å². The van der Waals surface area contributed by atoms with E-state index in [1.165, 1.54) is 31.0 Å². The number of fused-ring (bicyclic) bond motifs is 1. The molecular weight excluding hydrogens is 188 g/mol. The van der Waals surface area contributed by atoms with Gasteiger partial charge in [0, 0.05) is 5.33 Å². The zero-order chi connectivity index (χ0) is 6.97. The molecule has 0 radical (unpaired) electrons. The normalized spacial score (nSPS) is 45.9. The third-order valence-corrected chi connectivity index (χ3v) is 4.09. The molecule has 58 valence electrons. The molecule has 0 heterocycles. The molecule has 0 aromatic carbocycles. The second-order valence-corrected chi connectivity index (χ2v) is 4.58. The molecule has 2 unspecified atom stereocenters. The summed E-state index contributed by atoms with van der Waals surface area (Å²) in [6, 6.07) is 0. The lowest BCUT2D eigenvalue weighted by Crippen LogP contribution is -2.00. The average Bonchev–Trinajstić information content (AvgIpc) is 2.63. The third-order valence-electron chi connectivity index (χ3n) is 3.18. The van der Waals surface area contributed by atoms with Crippen LogP contribution in [0.1, 0.15) is 32.1 Å². The topological polar surface area (TPSA) is 0 Å². The van der Waals surface area contributed by atoms with E-state index < -0.39 is 0 Å². The molecule has 1 heteroatoms. The molecule has 2 aliphatic carbocycles. The van der Waals surface area contributed by atoms with E-state index in [4.69, 9.17) is 0 Å². The number of alkyl halides is 1. The first kappa shape index (κ1) is 7.15.